The van der Waals surface area contributed by atoms with E-state index in [1.54, 1.807) is 21.9 Å². The molecule has 0 aromatic heterocycles. The van der Waals surface area contributed by atoms with Crippen molar-refractivity contribution >= 4 is 33.3 Å². The Morgan fingerprint density at radius 1 is 0.829 bits per heavy atom. The highest BCUT2D eigenvalue weighted by Crippen LogP contribution is 2.20. The average molecular weight is 497 g/mol. The third kappa shape index (κ3) is 5.78. The lowest BCUT2D eigenvalue weighted by molar-refractivity contribution is 0.0671. The summed E-state index contributed by atoms with van der Waals surface area (Å²) in [4.78, 5) is 28.6. The summed E-state index contributed by atoms with van der Waals surface area (Å²) in [5, 5.41) is 2.71. The number of nitrogens with zero attached hydrogens (tertiary/aromatic N) is 2. The SMILES string of the molecule is Cc1ccccc1NS(=O)(=O)c1ccc(C(=O)N2CCN(C(=O)Nc3ccc(F)cc3)CC2)cc1. The van der Waals surface area contributed by atoms with E-state index in [0.717, 1.165) is 5.56 Å². The number of urea groups is 1. The van der Waals surface area contributed by atoms with Crippen LogP contribution < -0.4 is 10.0 Å². The molecule has 0 saturated carbocycles. The van der Waals surface area contributed by atoms with Gasteiger partial charge in [-0.2, -0.15) is 0 Å². The molecular formula is C25H25FN4O4S. The number of piperazine rings is 1. The van der Waals surface area contributed by atoms with Crippen LogP contribution in [-0.4, -0.2) is 56.3 Å². The molecule has 3 aromatic carbocycles. The van der Waals surface area contributed by atoms with Crippen LogP contribution in [0.25, 0.3) is 0 Å². The van der Waals surface area contributed by atoms with Crippen LogP contribution in [-0.2, 0) is 10.0 Å². The number of nitrogens with one attached hydrogen (secondary N) is 2. The van der Waals surface area contributed by atoms with Gasteiger partial charge in [-0.15, -0.1) is 0 Å². The first-order chi connectivity index (χ1) is 16.7. The minimum absolute atomic E-state index is 0.0552. The molecule has 35 heavy (non-hydrogen) atoms. The zero-order valence-corrected chi connectivity index (χ0v) is 19.9. The molecule has 182 valence electrons. The second-order valence-corrected chi connectivity index (χ2v) is 9.84. The number of hydrogen-bond donors (Lipinski definition) is 2. The summed E-state index contributed by atoms with van der Waals surface area (Å²) in [5.41, 5.74) is 2.15. The highest BCUT2D eigenvalue weighted by Gasteiger charge is 2.25. The number of aryl methyl sites for hydroxylation is 1. The van der Waals surface area contributed by atoms with Gasteiger partial charge < -0.3 is 15.1 Å². The smallest absolute Gasteiger partial charge is 0.321 e. The van der Waals surface area contributed by atoms with Crippen LogP contribution in [0.3, 0.4) is 0 Å². The fourth-order valence-corrected chi connectivity index (χ4v) is 4.83. The van der Waals surface area contributed by atoms with Gasteiger partial charge in [0.15, 0.2) is 0 Å². The highest BCUT2D eigenvalue weighted by atomic mass is 32.2. The second kappa shape index (κ2) is 10.1. The summed E-state index contributed by atoms with van der Waals surface area (Å²) in [6.07, 6.45) is 0. The van der Waals surface area contributed by atoms with E-state index in [1.807, 2.05) is 19.1 Å². The lowest BCUT2D eigenvalue weighted by Crippen LogP contribution is -2.51. The molecular weight excluding hydrogens is 471 g/mol. The zero-order valence-electron chi connectivity index (χ0n) is 19.1. The normalized spacial score (nSPS) is 13.9. The number of benzene rings is 3. The van der Waals surface area contributed by atoms with E-state index in [4.69, 9.17) is 0 Å². The second-order valence-electron chi connectivity index (χ2n) is 8.16. The van der Waals surface area contributed by atoms with E-state index in [0.29, 0.717) is 43.1 Å². The van der Waals surface area contributed by atoms with Crippen LogP contribution in [0.15, 0.2) is 77.7 Å². The van der Waals surface area contributed by atoms with Crippen molar-refractivity contribution in [3.05, 3.63) is 89.7 Å². The Bertz CT molecular complexity index is 1320. The number of hydrogen-bond acceptors (Lipinski definition) is 4. The zero-order chi connectivity index (χ0) is 25.0. The molecule has 1 heterocycles. The maximum Gasteiger partial charge on any atom is 0.321 e. The Kier molecular flexibility index (Phi) is 7.02. The Morgan fingerprint density at radius 3 is 2.06 bits per heavy atom. The Labute approximate surface area is 203 Å². The number of rotatable bonds is 5. The Hall–Kier alpha value is -3.92. The van der Waals surface area contributed by atoms with Crippen molar-refractivity contribution in [3.63, 3.8) is 0 Å². The highest BCUT2D eigenvalue weighted by molar-refractivity contribution is 7.92. The number of amides is 3. The molecule has 0 bridgehead atoms. The number of anilines is 2. The van der Waals surface area contributed by atoms with Crippen molar-refractivity contribution in [2.75, 3.05) is 36.2 Å². The molecule has 3 amide bonds. The van der Waals surface area contributed by atoms with Gasteiger partial charge in [-0.05, 0) is 67.1 Å². The molecule has 4 rings (SSSR count). The summed E-state index contributed by atoms with van der Waals surface area (Å²) in [7, 11) is -3.80. The fraction of sp³-hybridized carbons (Fsp3) is 0.200. The van der Waals surface area contributed by atoms with E-state index >= 15 is 0 Å². The molecule has 0 aliphatic carbocycles. The van der Waals surface area contributed by atoms with Crippen molar-refractivity contribution in [3.8, 4) is 0 Å². The van der Waals surface area contributed by atoms with E-state index in [1.165, 1.54) is 48.5 Å². The van der Waals surface area contributed by atoms with E-state index in [-0.39, 0.29) is 22.7 Å². The number of para-hydroxylation sites is 1. The average Bonchev–Trinajstić information content (AvgIpc) is 2.86. The molecule has 3 aromatic rings. The van der Waals surface area contributed by atoms with Crippen molar-refractivity contribution < 1.29 is 22.4 Å². The van der Waals surface area contributed by atoms with E-state index in [2.05, 4.69) is 10.0 Å². The van der Waals surface area contributed by atoms with Crippen molar-refractivity contribution in [1.29, 1.82) is 0 Å². The summed E-state index contributed by atoms with van der Waals surface area (Å²) in [6, 6.07) is 18.0. The molecule has 1 aliphatic rings. The first-order valence-corrected chi connectivity index (χ1v) is 12.5. The minimum Gasteiger partial charge on any atom is -0.335 e. The quantitative estimate of drug-likeness (QED) is 0.559. The molecule has 10 heteroatoms. The minimum atomic E-state index is -3.80. The van der Waals surface area contributed by atoms with Gasteiger partial charge in [0.2, 0.25) is 0 Å². The molecule has 0 radical (unpaired) electrons. The van der Waals surface area contributed by atoms with Crippen LogP contribution in [0.1, 0.15) is 15.9 Å². The van der Waals surface area contributed by atoms with Gasteiger partial charge in [-0.1, -0.05) is 18.2 Å². The predicted molar refractivity (Wildman–Crippen MR) is 131 cm³/mol. The number of sulfonamides is 1. The largest absolute Gasteiger partial charge is 0.335 e. The molecule has 8 nitrogen and oxygen atoms in total. The molecule has 0 spiro atoms. The molecule has 0 atom stereocenters. The first kappa shape index (κ1) is 24.2. The van der Waals surface area contributed by atoms with Gasteiger partial charge in [0.05, 0.1) is 10.6 Å². The monoisotopic (exact) mass is 496 g/mol. The van der Waals surface area contributed by atoms with Gasteiger partial charge in [0, 0.05) is 37.4 Å². The van der Waals surface area contributed by atoms with Gasteiger partial charge >= 0.3 is 6.03 Å². The summed E-state index contributed by atoms with van der Waals surface area (Å²) in [6.45, 7) is 3.16. The van der Waals surface area contributed by atoms with Crippen LogP contribution in [0, 0.1) is 12.7 Å². The lowest BCUT2D eigenvalue weighted by Gasteiger charge is -2.34. The van der Waals surface area contributed by atoms with E-state index < -0.39 is 10.0 Å². The van der Waals surface area contributed by atoms with Gasteiger partial charge in [-0.25, -0.2) is 17.6 Å². The topological polar surface area (TPSA) is 98.8 Å². The van der Waals surface area contributed by atoms with Crippen LogP contribution in [0.2, 0.25) is 0 Å². The third-order valence-corrected chi connectivity index (χ3v) is 7.13. The van der Waals surface area contributed by atoms with Crippen LogP contribution >= 0.6 is 0 Å². The summed E-state index contributed by atoms with van der Waals surface area (Å²) >= 11 is 0. The number of carbonyl (C=O) groups is 2. The van der Waals surface area contributed by atoms with Crippen LogP contribution in [0.5, 0.6) is 0 Å². The summed E-state index contributed by atoms with van der Waals surface area (Å²) < 4.78 is 41.0. The van der Waals surface area contributed by atoms with Gasteiger partial charge in [-0.3, -0.25) is 9.52 Å². The predicted octanol–water partition coefficient (Wildman–Crippen LogP) is 3.92. The first-order valence-electron chi connectivity index (χ1n) is 11.0. The van der Waals surface area contributed by atoms with Crippen molar-refractivity contribution in [2.24, 2.45) is 0 Å². The number of carbonyl (C=O) groups excluding carboxylic acids is 2. The number of halogens is 1. The molecule has 2 N–H and O–H groups in total. The fourth-order valence-electron chi connectivity index (χ4n) is 3.70. The van der Waals surface area contributed by atoms with Crippen molar-refractivity contribution in [1.82, 2.24) is 9.80 Å². The standard InChI is InChI=1S/C25H25FN4O4S/c1-18-4-2-3-5-23(18)28-35(33,34)22-12-6-19(7-13-22)24(31)29-14-16-30(17-15-29)25(32)27-21-10-8-20(26)9-11-21/h2-13,28H,14-17H2,1H3,(H,27,32). The molecule has 1 saturated heterocycles. The summed E-state index contributed by atoms with van der Waals surface area (Å²) in [5.74, 6) is -0.622. The van der Waals surface area contributed by atoms with Crippen LogP contribution in [0.4, 0.5) is 20.6 Å². The maximum atomic E-state index is 13.0. The molecule has 0 unspecified atom stereocenters. The molecule has 1 aliphatic heterocycles. The van der Waals surface area contributed by atoms with Gasteiger partial charge in [0.1, 0.15) is 5.82 Å². The lowest BCUT2D eigenvalue weighted by atomic mass is 10.2. The maximum absolute atomic E-state index is 13.0. The third-order valence-electron chi connectivity index (χ3n) is 5.75. The van der Waals surface area contributed by atoms with Gasteiger partial charge in [0.25, 0.3) is 15.9 Å². The van der Waals surface area contributed by atoms with E-state index in [9.17, 15) is 22.4 Å². The van der Waals surface area contributed by atoms with Crippen molar-refractivity contribution in [2.45, 2.75) is 11.8 Å². The Morgan fingerprint density at radius 2 is 1.43 bits per heavy atom. The molecule has 1 fully saturated rings. The Balaban J connectivity index is 1.34.